The lowest BCUT2D eigenvalue weighted by Gasteiger charge is -2.10. The van der Waals surface area contributed by atoms with Crippen molar-refractivity contribution in [1.29, 1.82) is 0 Å². The number of anilines is 1. The minimum Gasteiger partial charge on any atom is -0.457 e. The van der Waals surface area contributed by atoms with Crippen LogP contribution in [0.25, 0.3) is 0 Å². The van der Waals surface area contributed by atoms with Crippen molar-refractivity contribution in [2.75, 3.05) is 5.48 Å². The number of aliphatic imine (C=N–C) groups is 1. The largest absolute Gasteiger partial charge is 0.457 e. The van der Waals surface area contributed by atoms with Gasteiger partial charge in [-0.15, -0.1) is 4.91 Å². The summed E-state index contributed by atoms with van der Waals surface area (Å²) in [6.45, 7) is 1.85. The third-order valence-corrected chi connectivity index (χ3v) is 2.93. The third kappa shape index (κ3) is 4.07. The summed E-state index contributed by atoms with van der Waals surface area (Å²) in [7, 11) is 0. The Kier molecular flexibility index (Phi) is 4.96. The lowest BCUT2D eigenvalue weighted by atomic mass is 10.2. The molecule has 0 bridgehead atoms. The zero-order valence-electron chi connectivity index (χ0n) is 10.9. The molecule has 0 saturated heterocycles. The minimum absolute atomic E-state index is 0.297. The molecule has 2 rings (SSSR count). The number of benzene rings is 1. The number of ether oxygens (including phenoxy) is 1. The van der Waals surface area contributed by atoms with E-state index in [0.29, 0.717) is 27.6 Å². The molecule has 0 aliphatic carbocycles. The standard InChI is InChI=1S/C13H11BrN4O3/c1-8-4-9(18-20)2-3-11(8)21-10-5-12(14)17-13(6-10)15-7-16-19/h2-7,18,20H,1H3. The number of nitrogens with one attached hydrogen (secondary N) is 1. The Morgan fingerprint density at radius 2 is 2.19 bits per heavy atom. The maximum absolute atomic E-state index is 10.0. The Labute approximate surface area is 128 Å². The summed E-state index contributed by atoms with van der Waals surface area (Å²) in [5.41, 5.74) is 3.47. The highest BCUT2D eigenvalue weighted by molar-refractivity contribution is 9.10. The van der Waals surface area contributed by atoms with Crippen LogP contribution in [0.2, 0.25) is 0 Å². The summed E-state index contributed by atoms with van der Waals surface area (Å²) in [6, 6.07) is 8.38. The van der Waals surface area contributed by atoms with Crippen molar-refractivity contribution >= 4 is 33.8 Å². The first-order valence-corrected chi connectivity index (χ1v) is 6.63. The number of aromatic nitrogens is 1. The molecule has 1 aromatic carbocycles. The van der Waals surface area contributed by atoms with Crippen molar-refractivity contribution in [3.8, 4) is 11.5 Å². The Bertz CT molecular complexity index is 691. The predicted molar refractivity (Wildman–Crippen MR) is 82.5 cm³/mol. The van der Waals surface area contributed by atoms with E-state index in [2.05, 4.69) is 36.6 Å². The van der Waals surface area contributed by atoms with Crippen LogP contribution >= 0.6 is 15.9 Å². The molecule has 0 unspecified atom stereocenters. The highest BCUT2D eigenvalue weighted by Crippen LogP contribution is 2.30. The first kappa shape index (κ1) is 15.1. The summed E-state index contributed by atoms with van der Waals surface area (Å²) >= 11 is 3.24. The van der Waals surface area contributed by atoms with Crippen LogP contribution in [-0.4, -0.2) is 16.5 Å². The van der Waals surface area contributed by atoms with Gasteiger partial charge >= 0.3 is 0 Å². The normalized spacial score (nSPS) is 10.6. The molecule has 0 fully saturated rings. The first-order valence-electron chi connectivity index (χ1n) is 5.83. The van der Waals surface area contributed by atoms with E-state index in [1.807, 2.05) is 6.92 Å². The second-order valence-corrected chi connectivity index (χ2v) is 4.84. The van der Waals surface area contributed by atoms with Crippen LogP contribution in [0.3, 0.4) is 0 Å². The molecule has 0 atom stereocenters. The van der Waals surface area contributed by atoms with Crippen molar-refractivity contribution in [3.63, 3.8) is 0 Å². The molecule has 1 heterocycles. The number of pyridine rings is 1. The van der Waals surface area contributed by atoms with Gasteiger partial charge in [0, 0.05) is 12.1 Å². The summed E-state index contributed by atoms with van der Waals surface area (Å²) in [5, 5.41) is 11.4. The van der Waals surface area contributed by atoms with E-state index in [9.17, 15) is 4.91 Å². The quantitative estimate of drug-likeness (QED) is 0.277. The van der Waals surface area contributed by atoms with Crippen molar-refractivity contribution in [2.24, 2.45) is 10.2 Å². The fourth-order valence-electron chi connectivity index (χ4n) is 1.63. The molecule has 2 N–H and O–H groups in total. The lowest BCUT2D eigenvalue weighted by Crippen LogP contribution is -1.92. The molecule has 0 radical (unpaired) electrons. The van der Waals surface area contributed by atoms with Gasteiger partial charge in [-0.25, -0.2) is 9.98 Å². The van der Waals surface area contributed by atoms with Crippen LogP contribution in [0.15, 0.2) is 45.1 Å². The molecule has 0 amide bonds. The molecule has 2 aromatic rings. The van der Waals surface area contributed by atoms with Gasteiger partial charge in [0.05, 0.1) is 5.69 Å². The molecule has 0 saturated carbocycles. The predicted octanol–water partition coefficient (Wildman–Crippen LogP) is 4.17. The van der Waals surface area contributed by atoms with Gasteiger partial charge in [-0.05, 0) is 51.8 Å². The summed E-state index contributed by atoms with van der Waals surface area (Å²) in [6.07, 6.45) is 0.867. The number of nitroso groups, excluding NO2 is 1. The second kappa shape index (κ2) is 6.91. The fourth-order valence-corrected chi connectivity index (χ4v) is 2.04. The van der Waals surface area contributed by atoms with E-state index in [4.69, 9.17) is 9.94 Å². The summed E-state index contributed by atoms with van der Waals surface area (Å²) < 4.78 is 6.27. The SMILES string of the molecule is Cc1cc(NO)ccc1Oc1cc(Br)nc(N=CN=O)c1. The maximum atomic E-state index is 10.0. The number of hydrogen-bond acceptors (Lipinski definition) is 6. The molecular weight excluding hydrogens is 340 g/mol. The Hall–Kier alpha value is -2.32. The van der Waals surface area contributed by atoms with Crippen LogP contribution in [-0.2, 0) is 0 Å². The molecule has 8 heteroatoms. The van der Waals surface area contributed by atoms with E-state index in [0.717, 1.165) is 11.9 Å². The van der Waals surface area contributed by atoms with Gasteiger partial charge in [0.1, 0.15) is 16.1 Å². The number of halogens is 1. The van der Waals surface area contributed by atoms with Gasteiger partial charge < -0.3 is 4.74 Å². The van der Waals surface area contributed by atoms with Gasteiger partial charge in [0.15, 0.2) is 12.2 Å². The average molecular weight is 351 g/mol. The van der Waals surface area contributed by atoms with E-state index in [1.54, 1.807) is 30.3 Å². The topological polar surface area (TPSA) is 96.2 Å². The molecule has 0 spiro atoms. The van der Waals surface area contributed by atoms with E-state index < -0.39 is 0 Å². The van der Waals surface area contributed by atoms with Crippen LogP contribution in [0.5, 0.6) is 11.5 Å². The summed E-state index contributed by atoms with van der Waals surface area (Å²) in [5.74, 6) is 1.42. The molecule has 0 aliphatic rings. The smallest absolute Gasteiger partial charge is 0.162 e. The highest BCUT2D eigenvalue weighted by atomic mass is 79.9. The van der Waals surface area contributed by atoms with Crippen molar-refractivity contribution in [2.45, 2.75) is 6.92 Å². The van der Waals surface area contributed by atoms with E-state index in [1.165, 1.54) is 0 Å². The Balaban J connectivity index is 2.28. The van der Waals surface area contributed by atoms with Gasteiger partial charge in [0.2, 0.25) is 0 Å². The molecule has 108 valence electrons. The first-order chi connectivity index (χ1) is 10.1. The highest BCUT2D eigenvalue weighted by Gasteiger charge is 2.06. The van der Waals surface area contributed by atoms with Gasteiger partial charge in [-0.3, -0.25) is 10.7 Å². The van der Waals surface area contributed by atoms with Crippen LogP contribution in [0, 0.1) is 11.8 Å². The van der Waals surface area contributed by atoms with Crippen molar-refractivity contribution in [3.05, 3.63) is 45.4 Å². The fraction of sp³-hybridized carbons (Fsp3) is 0.0769. The molecule has 7 nitrogen and oxygen atoms in total. The van der Waals surface area contributed by atoms with Crippen molar-refractivity contribution in [1.82, 2.24) is 4.98 Å². The van der Waals surface area contributed by atoms with Crippen LogP contribution < -0.4 is 10.2 Å². The number of rotatable bonds is 5. The monoisotopic (exact) mass is 350 g/mol. The van der Waals surface area contributed by atoms with E-state index in [-0.39, 0.29) is 0 Å². The van der Waals surface area contributed by atoms with Crippen molar-refractivity contribution < 1.29 is 9.94 Å². The van der Waals surface area contributed by atoms with Gasteiger partial charge in [-0.1, -0.05) is 0 Å². The zero-order valence-corrected chi connectivity index (χ0v) is 12.5. The number of aryl methyl sites for hydroxylation is 1. The molecule has 1 aromatic heterocycles. The summed E-state index contributed by atoms with van der Waals surface area (Å²) in [4.78, 5) is 17.9. The second-order valence-electron chi connectivity index (χ2n) is 4.03. The lowest BCUT2D eigenvalue weighted by molar-refractivity contribution is 0.388. The minimum atomic E-state index is 0.297. The number of nitrogens with zero attached hydrogens (tertiary/aromatic N) is 3. The third-order valence-electron chi connectivity index (χ3n) is 2.52. The Morgan fingerprint density at radius 1 is 1.38 bits per heavy atom. The van der Waals surface area contributed by atoms with Gasteiger partial charge in [0.25, 0.3) is 0 Å². The van der Waals surface area contributed by atoms with Gasteiger partial charge in [-0.2, -0.15) is 0 Å². The molecule has 21 heavy (non-hydrogen) atoms. The zero-order chi connectivity index (χ0) is 15.2. The van der Waals surface area contributed by atoms with Crippen LogP contribution in [0.4, 0.5) is 11.5 Å². The maximum Gasteiger partial charge on any atom is 0.162 e. The average Bonchev–Trinajstić information content (AvgIpc) is 2.46. The molecular formula is C13H11BrN4O3. The number of hydrogen-bond donors (Lipinski definition) is 2. The Morgan fingerprint density at radius 3 is 2.86 bits per heavy atom. The van der Waals surface area contributed by atoms with Crippen LogP contribution in [0.1, 0.15) is 5.56 Å². The molecule has 0 aliphatic heterocycles. The van der Waals surface area contributed by atoms with E-state index >= 15 is 0 Å².